The number of carbonyl (C=O) groups is 2. The smallest absolute Gasteiger partial charge is 0.339 e. The van der Waals surface area contributed by atoms with Crippen LogP contribution < -0.4 is 5.32 Å². The topological polar surface area (TPSA) is 79.5 Å². The number of furan rings is 1. The second-order valence-corrected chi connectivity index (χ2v) is 5.93. The average Bonchev–Trinajstić information content (AvgIpc) is 3.00. The number of aromatic carboxylic acids is 1. The number of carboxylic acids is 1. The molecule has 0 unspecified atom stereocenters. The number of rotatable bonds is 6. The number of carboxylic acid groups (broad SMARTS) is 1. The van der Waals surface area contributed by atoms with Gasteiger partial charge in [-0.15, -0.1) is 11.3 Å². The quantitative estimate of drug-likeness (QED) is 0.853. The van der Waals surface area contributed by atoms with E-state index in [0.29, 0.717) is 29.4 Å². The average molecular weight is 328 g/mol. The van der Waals surface area contributed by atoms with Gasteiger partial charge in [0.25, 0.3) is 0 Å². The van der Waals surface area contributed by atoms with Crippen LogP contribution in [0.25, 0.3) is 0 Å². The summed E-state index contributed by atoms with van der Waals surface area (Å²) < 4.78 is 5.28. The molecule has 0 bridgehead atoms. The van der Waals surface area contributed by atoms with Crippen LogP contribution in [0.15, 0.2) is 21.9 Å². The van der Waals surface area contributed by atoms with E-state index in [1.807, 2.05) is 11.4 Å². The Morgan fingerprint density at radius 1 is 1.43 bits per heavy atom. The van der Waals surface area contributed by atoms with Gasteiger partial charge in [0.15, 0.2) is 0 Å². The highest BCUT2D eigenvalue weighted by Crippen LogP contribution is 2.20. The van der Waals surface area contributed by atoms with Crippen molar-refractivity contribution in [2.45, 2.75) is 26.3 Å². The highest BCUT2D eigenvalue weighted by molar-refractivity contribution is 7.10. The fourth-order valence-corrected chi connectivity index (χ4v) is 2.92. The summed E-state index contributed by atoms with van der Waals surface area (Å²) in [5.41, 5.74) is 0.118. The number of aryl methyl sites for hydroxylation is 2. The summed E-state index contributed by atoms with van der Waals surface area (Å²) in [6, 6.07) is 3.27. The maximum atomic E-state index is 11.7. The van der Waals surface area contributed by atoms with Crippen LogP contribution in [-0.2, 0) is 17.8 Å². The standard InChI is InChI=1S/C14H14ClNO4S/c1-8-12(14(18)19)5-10(20-8)6-16-13(17)3-2-11-4-9(15)7-21-11/h4-5,7H,2-3,6H2,1H3,(H,16,17)(H,18,19). The molecular formula is C14H14ClNO4S. The molecule has 0 aliphatic rings. The van der Waals surface area contributed by atoms with Gasteiger partial charge in [-0.3, -0.25) is 4.79 Å². The number of hydrogen-bond acceptors (Lipinski definition) is 4. The van der Waals surface area contributed by atoms with Crippen molar-refractivity contribution in [3.8, 4) is 0 Å². The SMILES string of the molecule is Cc1oc(CNC(=O)CCc2cc(Cl)cs2)cc1C(=O)O. The summed E-state index contributed by atoms with van der Waals surface area (Å²) >= 11 is 7.33. The van der Waals surface area contributed by atoms with Crippen LogP contribution >= 0.6 is 22.9 Å². The highest BCUT2D eigenvalue weighted by Gasteiger charge is 2.14. The molecule has 5 nitrogen and oxygen atoms in total. The molecule has 2 heterocycles. The van der Waals surface area contributed by atoms with Crippen LogP contribution in [-0.4, -0.2) is 17.0 Å². The van der Waals surface area contributed by atoms with E-state index in [0.717, 1.165) is 4.88 Å². The fourth-order valence-electron chi connectivity index (χ4n) is 1.84. The normalized spacial score (nSPS) is 10.6. The molecule has 21 heavy (non-hydrogen) atoms. The predicted molar refractivity (Wildman–Crippen MR) is 79.9 cm³/mol. The molecule has 0 fully saturated rings. The van der Waals surface area contributed by atoms with Crippen molar-refractivity contribution in [1.82, 2.24) is 5.32 Å². The molecule has 0 aliphatic heterocycles. The number of hydrogen-bond donors (Lipinski definition) is 2. The molecule has 2 aromatic rings. The Morgan fingerprint density at radius 2 is 2.19 bits per heavy atom. The van der Waals surface area contributed by atoms with Gasteiger partial charge in [0.1, 0.15) is 17.1 Å². The second kappa shape index (κ2) is 6.78. The Hall–Kier alpha value is -1.79. The van der Waals surface area contributed by atoms with Gasteiger partial charge < -0.3 is 14.8 Å². The largest absolute Gasteiger partial charge is 0.478 e. The van der Waals surface area contributed by atoms with Crippen molar-refractivity contribution < 1.29 is 19.1 Å². The summed E-state index contributed by atoms with van der Waals surface area (Å²) in [7, 11) is 0. The van der Waals surface area contributed by atoms with Crippen LogP contribution in [0.4, 0.5) is 0 Å². The van der Waals surface area contributed by atoms with Gasteiger partial charge in [-0.2, -0.15) is 0 Å². The van der Waals surface area contributed by atoms with Gasteiger partial charge in [-0.05, 0) is 25.5 Å². The molecule has 2 N–H and O–H groups in total. The van der Waals surface area contributed by atoms with Crippen molar-refractivity contribution in [2.24, 2.45) is 0 Å². The first-order valence-corrected chi connectivity index (χ1v) is 7.53. The molecule has 7 heteroatoms. The molecule has 0 atom stereocenters. The van der Waals surface area contributed by atoms with Gasteiger partial charge in [0, 0.05) is 16.7 Å². The third-order valence-corrected chi connectivity index (χ3v) is 4.22. The molecular weight excluding hydrogens is 314 g/mol. The highest BCUT2D eigenvalue weighted by atomic mass is 35.5. The lowest BCUT2D eigenvalue weighted by Crippen LogP contribution is -2.22. The Morgan fingerprint density at radius 3 is 2.76 bits per heavy atom. The monoisotopic (exact) mass is 327 g/mol. The zero-order valence-corrected chi connectivity index (χ0v) is 12.9. The lowest BCUT2D eigenvalue weighted by Gasteiger charge is -2.02. The van der Waals surface area contributed by atoms with Gasteiger partial charge in [-0.1, -0.05) is 11.6 Å². The maximum absolute atomic E-state index is 11.7. The minimum atomic E-state index is -1.04. The first-order chi connectivity index (χ1) is 9.95. The second-order valence-electron chi connectivity index (χ2n) is 4.50. The summed E-state index contributed by atoms with van der Waals surface area (Å²) in [6.07, 6.45) is 0.975. The number of halogens is 1. The molecule has 0 aromatic carbocycles. The van der Waals surface area contributed by atoms with Crippen LogP contribution in [0.3, 0.4) is 0 Å². The van der Waals surface area contributed by atoms with Crippen molar-refractivity contribution in [2.75, 3.05) is 0 Å². The van der Waals surface area contributed by atoms with E-state index in [1.54, 1.807) is 6.92 Å². The lowest BCUT2D eigenvalue weighted by atomic mass is 10.2. The first-order valence-electron chi connectivity index (χ1n) is 6.28. The zero-order valence-electron chi connectivity index (χ0n) is 11.3. The van der Waals surface area contributed by atoms with Crippen molar-refractivity contribution >= 4 is 34.8 Å². The third-order valence-electron chi connectivity index (χ3n) is 2.88. The number of thiophene rings is 1. The van der Waals surface area contributed by atoms with Crippen LogP contribution in [0.1, 0.15) is 33.2 Å². The van der Waals surface area contributed by atoms with E-state index in [-0.39, 0.29) is 18.0 Å². The molecule has 2 rings (SSSR count). The molecule has 0 aliphatic carbocycles. The van der Waals surface area contributed by atoms with Crippen LogP contribution in [0, 0.1) is 6.92 Å². The van der Waals surface area contributed by atoms with Gasteiger partial charge in [-0.25, -0.2) is 4.79 Å². The summed E-state index contributed by atoms with van der Waals surface area (Å²) in [4.78, 5) is 23.7. The molecule has 0 radical (unpaired) electrons. The Kier molecular flexibility index (Phi) is 5.03. The van der Waals surface area contributed by atoms with Gasteiger partial charge in [0.05, 0.1) is 11.6 Å². The van der Waals surface area contributed by atoms with Crippen molar-refractivity contribution in [3.63, 3.8) is 0 Å². The lowest BCUT2D eigenvalue weighted by molar-refractivity contribution is -0.121. The van der Waals surface area contributed by atoms with Crippen molar-refractivity contribution in [1.29, 1.82) is 0 Å². The van der Waals surface area contributed by atoms with Crippen LogP contribution in [0.2, 0.25) is 5.02 Å². The molecule has 2 aromatic heterocycles. The minimum Gasteiger partial charge on any atom is -0.478 e. The summed E-state index contributed by atoms with van der Waals surface area (Å²) in [6.45, 7) is 1.76. The number of nitrogens with one attached hydrogen (secondary N) is 1. The van der Waals surface area contributed by atoms with Crippen molar-refractivity contribution in [3.05, 3.63) is 44.5 Å². The predicted octanol–water partition coefficient (Wildman–Crippen LogP) is 3.25. The number of amides is 1. The van der Waals surface area contributed by atoms with E-state index in [1.165, 1.54) is 17.4 Å². The van der Waals surface area contributed by atoms with Gasteiger partial charge in [0.2, 0.25) is 5.91 Å². The number of carbonyl (C=O) groups excluding carboxylic acids is 1. The molecule has 0 saturated heterocycles. The van der Waals surface area contributed by atoms with E-state index in [2.05, 4.69) is 5.32 Å². The van der Waals surface area contributed by atoms with E-state index >= 15 is 0 Å². The third kappa shape index (κ3) is 4.34. The summed E-state index contributed by atoms with van der Waals surface area (Å²) in [5, 5.41) is 14.1. The summed E-state index contributed by atoms with van der Waals surface area (Å²) in [5.74, 6) is -0.397. The minimum absolute atomic E-state index is 0.118. The van der Waals surface area contributed by atoms with E-state index < -0.39 is 5.97 Å². The molecule has 0 saturated carbocycles. The van der Waals surface area contributed by atoms with Crippen LogP contribution in [0.5, 0.6) is 0 Å². The first kappa shape index (κ1) is 15.6. The van der Waals surface area contributed by atoms with E-state index in [4.69, 9.17) is 21.1 Å². The molecule has 0 spiro atoms. The zero-order chi connectivity index (χ0) is 15.4. The fraction of sp³-hybridized carbons (Fsp3) is 0.286. The maximum Gasteiger partial charge on any atom is 0.339 e. The molecule has 112 valence electrons. The van der Waals surface area contributed by atoms with Gasteiger partial charge >= 0.3 is 5.97 Å². The Labute approximate surface area is 130 Å². The molecule has 1 amide bonds. The Bertz CT molecular complexity index is 662. The van der Waals surface area contributed by atoms with E-state index in [9.17, 15) is 9.59 Å². The Balaban J connectivity index is 1.81.